The van der Waals surface area contributed by atoms with Crippen LogP contribution in [0.25, 0.3) is 28.0 Å². The van der Waals surface area contributed by atoms with Gasteiger partial charge in [-0.3, -0.25) is 9.59 Å². The van der Waals surface area contributed by atoms with Gasteiger partial charge in [0.05, 0.1) is 46.3 Å². The summed E-state index contributed by atoms with van der Waals surface area (Å²) in [6.45, 7) is 3.45. The Morgan fingerprint density at radius 1 is 1.11 bits per heavy atom. The Bertz CT molecular complexity index is 1970. The van der Waals surface area contributed by atoms with Gasteiger partial charge >= 0.3 is 0 Å². The maximum atomic E-state index is 14.5. The van der Waals surface area contributed by atoms with E-state index < -0.39 is 17.3 Å². The predicted octanol–water partition coefficient (Wildman–Crippen LogP) is 3.69. The van der Waals surface area contributed by atoms with Crippen LogP contribution in [0.15, 0.2) is 60.9 Å². The van der Waals surface area contributed by atoms with Gasteiger partial charge in [0.25, 0.3) is 11.8 Å². The van der Waals surface area contributed by atoms with Crippen molar-refractivity contribution in [3.05, 3.63) is 77.9 Å². The molecule has 5 aromatic rings. The Kier molecular flexibility index (Phi) is 7.38. The number of nitrogens with one attached hydrogen (secondary N) is 2. The second-order valence-corrected chi connectivity index (χ2v) is 13.1. The number of pyridine rings is 1. The standard InChI is InChI=1S/C33H33FN8O5/c1-32(2,45)17-46-21-5-8-27-25(15-36-42(27)16-21)31(44)37-20-11-33(12-20)13-22(14-33)47-28-10-19(3-6-23(28)29(35)43)18-4-7-26(34)24(9-18)30-38-40-41-39-30/h3-10,15-16,20,22,45H,11-14,17H2,1-2H3,(H2,35,43)(H,37,44)(H,38,39,40,41). The number of nitrogens with zero attached hydrogens (tertiary/aromatic N) is 5. The summed E-state index contributed by atoms with van der Waals surface area (Å²) in [5.74, 6) is -0.251. The molecule has 2 saturated carbocycles. The van der Waals surface area contributed by atoms with Gasteiger partial charge in [0.1, 0.15) is 23.9 Å². The zero-order valence-corrected chi connectivity index (χ0v) is 25.7. The molecule has 2 aliphatic rings. The number of carbonyl (C=O) groups is 2. The van der Waals surface area contributed by atoms with Gasteiger partial charge in [-0.15, -0.1) is 10.2 Å². The molecule has 2 fully saturated rings. The number of aliphatic hydroxyl groups is 1. The zero-order chi connectivity index (χ0) is 32.9. The summed E-state index contributed by atoms with van der Waals surface area (Å²) in [6.07, 6.45) is 6.31. The molecule has 0 saturated heterocycles. The normalized spacial score (nSPS) is 20.4. The third-order valence-corrected chi connectivity index (χ3v) is 8.77. The minimum absolute atomic E-state index is 0.0316. The number of H-pyrrole nitrogens is 1. The highest BCUT2D eigenvalue weighted by Crippen LogP contribution is 2.57. The van der Waals surface area contributed by atoms with Gasteiger partial charge in [-0.25, -0.2) is 8.91 Å². The molecule has 0 aliphatic heterocycles. The number of aromatic amines is 1. The zero-order valence-electron chi connectivity index (χ0n) is 25.7. The fraction of sp³-hybridized carbons (Fsp3) is 0.333. The molecule has 242 valence electrons. The Morgan fingerprint density at radius 3 is 2.60 bits per heavy atom. The Labute approximate surface area is 268 Å². The van der Waals surface area contributed by atoms with E-state index in [1.165, 1.54) is 12.3 Å². The maximum Gasteiger partial charge on any atom is 0.255 e. The van der Waals surface area contributed by atoms with E-state index >= 15 is 0 Å². The molecule has 0 unspecified atom stereocenters. The number of benzene rings is 2. The van der Waals surface area contributed by atoms with Crippen LogP contribution in [0.2, 0.25) is 0 Å². The lowest BCUT2D eigenvalue weighted by molar-refractivity contribution is -0.0834. The average molecular weight is 641 g/mol. The molecule has 0 radical (unpaired) electrons. The van der Waals surface area contributed by atoms with Gasteiger partial charge < -0.3 is 25.6 Å². The predicted molar refractivity (Wildman–Crippen MR) is 167 cm³/mol. The van der Waals surface area contributed by atoms with Crippen LogP contribution in [0, 0.1) is 11.2 Å². The van der Waals surface area contributed by atoms with E-state index in [1.54, 1.807) is 67.0 Å². The second kappa shape index (κ2) is 11.5. The number of amides is 2. The number of rotatable bonds is 10. The summed E-state index contributed by atoms with van der Waals surface area (Å²) in [6, 6.07) is 13.2. The van der Waals surface area contributed by atoms with Crippen molar-refractivity contribution < 1.29 is 28.6 Å². The topological polar surface area (TPSA) is 183 Å². The third-order valence-electron chi connectivity index (χ3n) is 8.77. The van der Waals surface area contributed by atoms with Gasteiger partial charge in [-0.2, -0.15) is 10.3 Å². The van der Waals surface area contributed by atoms with Crippen molar-refractivity contribution in [1.82, 2.24) is 35.6 Å². The summed E-state index contributed by atoms with van der Waals surface area (Å²) in [5.41, 5.74) is 7.72. The van der Waals surface area contributed by atoms with E-state index in [1.807, 2.05) is 0 Å². The summed E-state index contributed by atoms with van der Waals surface area (Å²) < 4.78 is 28.0. The van der Waals surface area contributed by atoms with Crippen molar-refractivity contribution in [2.75, 3.05) is 6.61 Å². The van der Waals surface area contributed by atoms with Gasteiger partial charge in [0.15, 0.2) is 0 Å². The number of primary amides is 1. The number of tetrazole rings is 1. The van der Waals surface area contributed by atoms with E-state index in [0.29, 0.717) is 33.7 Å². The van der Waals surface area contributed by atoms with Crippen LogP contribution in [0.4, 0.5) is 4.39 Å². The Hall–Kier alpha value is -5.37. The molecule has 2 aliphatic carbocycles. The molecule has 0 atom stereocenters. The number of ether oxygens (including phenoxy) is 2. The van der Waals surface area contributed by atoms with Crippen molar-refractivity contribution in [3.63, 3.8) is 0 Å². The summed E-state index contributed by atoms with van der Waals surface area (Å²) >= 11 is 0. The summed E-state index contributed by atoms with van der Waals surface area (Å²) in [4.78, 5) is 25.3. The quantitative estimate of drug-likeness (QED) is 0.177. The van der Waals surface area contributed by atoms with Crippen LogP contribution in [-0.2, 0) is 0 Å². The molecule has 2 aromatic carbocycles. The Balaban J connectivity index is 0.966. The van der Waals surface area contributed by atoms with Crippen LogP contribution in [0.5, 0.6) is 11.5 Å². The largest absolute Gasteiger partial charge is 0.490 e. The van der Waals surface area contributed by atoms with Crippen molar-refractivity contribution in [1.29, 1.82) is 0 Å². The lowest BCUT2D eigenvalue weighted by atomic mass is 9.53. The highest BCUT2D eigenvalue weighted by atomic mass is 19.1. The number of aromatic nitrogens is 6. The van der Waals surface area contributed by atoms with Crippen molar-refractivity contribution in [2.45, 2.75) is 57.3 Å². The maximum absolute atomic E-state index is 14.5. The van der Waals surface area contributed by atoms with Crippen molar-refractivity contribution in [2.24, 2.45) is 11.1 Å². The third kappa shape index (κ3) is 6.11. The highest BCUT2D eigenvalue weighted by molar-refractivity contribution is 6.01. The Morgan fingerprint density at radius 2 is 1.87 bits per heavy atom. The summed E-state index contributed by atoms with van der Waals surface area (Å²) in [5, 5.41) is 30.9. The van der Waals surface area contributed by atoms with E-state index in [4.69, 9.17) is 15.2 Å². The van der Waals surface area contributed by atoms with E-state index in [-0.39, 0.29) is 47.0 Å². The van der Waals surface area contributed by atoms with Gasteiger partial charge in [-0.05, 0) is 97.7 Å². The molecule has 13 nitrogen and oxygen atoms in total. The van der Waals surface area contributed by atoms with Gasteiger partial charge in [0.2, 0.25) is 5.82 Å². The number of hydrogen-bond acceptors (Lipinski definition) is 9. The van der Waals surface area contributed by atoms with E-state index in [9.17, 15) is 19.1 Å². The van der Waals surface area contributed by atoms with Crippen LogP contribution >= 0.6 is 0 Å². The molecular formula is C33H33FN8O5. The first kappa shape index (κ1) is 30.3. The fourth-order valence-electron chi connectivity index (χ4n) is 6.49. The molecule has 5 N–H and O–H groups in total. The van der Waals surface area contributed by atoms with Crippen molar-refractivity contribution >= 4 is 17.3 Å². The molecule has 1 spiro atoms. The molecule has 3 aromatic heterocycles. The monoisotopic (exact) mass is 640 g/mol. The van der Waals surface area contributed by atoms with Gasteiger partial charge in [-0.1, -0.05) is 12.1 Å². The summed E-state index contributed by atoms with van der Waals surface area (Å²) in [7, 11) is 0. The van der Waals surface area contributed by atoms with E-state index in [0.717, 1.165) is 25.7 Å². The SMILES string of the molecule is CC(C)(O)COc1ccc2c(C(=O)NC3CC4(C3)CC(Oc3cc(-c5ccc(F)c(-c6nn[nH]n6)c5)ccc3C(N)=O)C4)cnn2c1. The highest BCUT2D eigenvalue weighted by Gasteiger charge is 2.54. The van der Waals surface area contributed by atoms with Crippen molar-refractivity contribution in [3.8, 4) is 34.0 Å². The number of fused-ring (bicyclic) bond motifs is 1. The lowest BCUT2D eigenvalue weighted by Gasteiger charge is -2.57. The minimum Gasteiger partial charge on any atom is -0.490 e. The minimum atomic E-state index is -0.970. The number of carbonyl (C=O) groups excluding carboxylic acids is 2. The van der Waals surface area contributed by atoms with Crippen LogP contribution in [0.1, 0.15) is 60.2 Å². The molecule has 3 heterocycles. The average Bonchev–Trinajstić information content (AvgIpc) is 3.68. The molecule has 14 heteroatoms. The molecule has 2 amide bonds. The smallest absolute Gasteiger partial charge is 0.255 e. The molecular weight excluding hydrogens is 607 g/mol. The fourth-order valence-corrected chi connectivity index (χ4v) is 6.49. The first-order valence-corrected chi connectivity index (χ1v) is 15.2. The molecule has 0 bridgehead atoms. The second-order valence-electron chi connectivity index (χ2n) is 13.1. The molecule has 47 heavy (non-hydrogen) atoms. The first-order chi connectivity index (χ1) is 22.5. The number of nitrogens with two attached hydrogens (primary N) is 1. The van der Waals surface area contributed by atoms with E-state index in [2.05, 4.69) is 31.0 Å². The number of halogens is 1. The molecule has 7 rings (SSSR count). The first-order valence-electron chi connectivity index (χ1n) is 15.2. The lowest BCUT2D eigenvalue weighted by Crippen LogP contribution is -2.58. The van der Waals surface area contributed by atoms with Crippen LogP contribution in [-0.4, -0.2) is 71.5 Å². The van der Waals surface area contributed by atoms with Crippen LogP contribution < -0.4 is 20.5 Å². The number of hydrogen-bond donors (Lipinski definition) is 4. The van der Waals surface area contributed by atoms with Gasteiger partial charge in [0, 0.05) is 6.04 Å². The van der Waals surface area contributed by atoms with Crippen LogP contribution in [0.3, 0.4) is 0 Å².